The summed E-state index contributed by atoms with van der Waals surface area (Å²) in [4.78, 5) is 16.9. The number of nitrogens with one attached hydrogen (secondary N) is 1. The van der Waals surface area contributed by atoms with E-state index in [1.165, 1.54) is 24.0 Å². The fourth-order valence-corrected chi connectivity index (χ4v) is 4.46. The lowest BCUT2D eigenvalue weighted by Gasteiger charge is -2.35. The molecule has 0 saturated heterocycles. The summed E-state index contributed by atoms with van der Waals surface area (Å²) in [7, 11) is 0. The summed E-state index contributed by atoms with van der Waals surface area (Å²) in [6.07, 6.45) is 7.24. The van der Waals surface area contributed by atoms with Crippen LogP contribution in [0.4, 0.5) is 0 Å². The van der Waals surface area contributed by atoms with E-state index in [1.807, 2.05) is 18.2 Å². The number of carbonyl (C=O) groups excluding carboxylic acids is 1. The minimum atomic E-state index is 0.0399. The van der Waals surface area contributed by atoms with Gasteiger partial charge < -0.3 is 11.1 Å². The average molecular weight is 331 g/mol. The van der Waals surface area contributed by atoms with Crippen LogP contribution in [-0.2, 0) is 11.2 Å². The number of amides is 1. The Labute approximate surface area is 141 Å². The first kappa shape index (κ1) is 16.4. The molecule has 23 heavy (non-hydrogen) atoms. The molecule has 0 spiro atoms. The van der Waals surface area contributed by atoms with E-state index in [-0.39, 0.29) is 11.3 Å². The van der Waals surface area contributed by atoms with Crippen LogP contribution < -0.4 is 11.1 Å². The zero-order chi connectivity index (χ0) is 16.1. The van der Waals surface area contributed by atoms with Crippen molar-refractivity contribution < 1.29 is 4.79 Å². The first-order chi connectivity index (χ1) is 11.2. The number of benzene rings is 1. The van der Waals surface area contributed by atoms with Crippen molar-refractivity contribution in [2.45, 2.75) is 44.9 Å². The molecule has 0 atom stereocenters. The molecular formula is C18H25N3OS. The molecule has 1 aromatic heterocycles. The molecule has 0 aliphatic heterocycles. The van der Waals surface area contributed by atoms with Crippen molar-refractivity contribution in [1.82, 2.24) is 10.3 Å². The van der Waals surface area contributed by atoms with E-state index >= 15 is 0 Å². The van der Waals surface area contributed by atoms with Crippen LogP contribution in [0, 0.1) is 5.41 Å². The van der Waals surface area contributed by atoms with Crippen LogP contribution in [0.5, 0.6) is 0 Å². The maximum absolute atomic E-state index is 12.3. The molecule has 0 radical (unpaired) electrons. The predicted molar refractivity (Wildman–Crippen MR) is 95.5 cm³/mol. The molecule has 1 amide bonds. The van der Waals surface area contributed by atoms with Gasteiger partial charge in [0.15, 0.2) is 0 Å². The Kier molecular flexibility index (Phi) is 5.28. The molecule has 1 heterocycles. The predicted octanol–water partition coefficient (Wildman–Crippen LogP) is 3.25. The summed E-state index contributed by atoms with van der Waals surface area (Å²) in [6, 6.07) is 8.15. The highest BCUT2D eigenvalue weighted by molar-refractivity contribution is 7.18. The molecule has 1 saturated carbocycles. The molecule has 3 N–H and O–H groups in total. The molecule has 2 aromatic rings. The number of aromatic nitrogens is 1. The number of rotatable bonds is 6. The standard InChI is InChI=1S/C18H25N3OS/c19-13-18(9-4-1-5-10-18)12-16(22)20-11-8-17-21-14-6-2-3-7-15(14)23-17/h2-3,6-7H,1,4-5,8-13,19H2,(H,20,22). The monoisotopic (exact) mass is 331 g/mol. The third-order valence-corrected chi connectivity index (χ3v) is 5.98. The zero-order valence-electron chi connectivity index (χ0n) is 13.5. The van der Waals surface area contributed by atoms with E-state index in [0.717, 1.165) is 29.8 Å². The highest BCUT2D eigenvalue weighted by Gasteiger charge is 2.32. The lowest BCUT2D eigenvalue weighted by molar-refractivity contribution is -0.123. The quantitative estimate of drug-likeness (QED) is 0.854. The van der Waals surface area contributed by atoms with Crippen molar-refractivity contribution in [2.24, 2.45) is 11.1 Å². The van der Waals surface area contributed by atoms with Gasteiger partial charge in [0, 0.05) is 19.4 Å². The minimum absolute atomic E-state index is 0.0399. The molecule has 3 rings (SSSR count). The smallest absolute Gasteiger partial charge is 0.220 e. The van der Waals surface area contributed by atoms with Gasteiger partial charge >= 0.3 is 0 Å². The van der Waals surface area contributed by atoms with Crippen molar-refractivity contribution in [3.05, 3.63) is 29.3 Å². The van der Waals surface area contributed by atoms with Gasteiger partial charge in [-0.15, -0.1) is 11.3 Å². The molecule has 1 fully saturated rings. The fraction of sp³-hybridized carbons (Fsp3) is 0.556. The first-order valence-electron chi connectivity index (χ1n) is 8.52. The summed E-state index contributed by atoms with van der Waals surface area (Å²) in [5.41, 5.74) is 7.05. The second-order valence-electron chi connectivity index (χ2n) is 6.62. The van der Waals surface area contributed by atoms with Crippen LogP contribution in [0.15, 0.2) is 24.3 Å². The number of nitrogens with two attached hydrogens (primary N) is 1. The second-order valence-corrected chi connectivity index (χ2v) is 7.73. The van der Waals surface area contributed by atoms with Crippen molar-refractivity contribution in [2.75, 3.05) is 13.1 Å². The van der Waals surface area contributed by atoms with E-state index in [2.05, 4.69) is 16.4 Å². The highest BCUT2D eigenvalue weighted by Crippen LogP contribution is 2.38. The van der Waals surface area contributed by atoms with Crippen molar-refractivity contribution in [3.63, 3.8) is 0 Å². The number of hydrogen-bond donors (Lipinski definition) is 2. The maximum Gasteiger partial charge on any atom is 0.220 e. The van der Waals surface area contributed by atoms with E-state index in [9.17, 15) is 4.79 Å². The summed E-state index contributed by atoms with van der Waals surface area (Å²) in [5.74, 6) is 0.137. The second kappa shape index (κ2) is 7.41. The molecule has 5 heteroatoms. The molecule has 0 unspecified atom stereocenters. The third-order valence-electron chi connectivity index (χ3n) is 4.88. The topological polar surface area (TPSA) is 68.0 Å². The van der Waals surface area contributed by atoms with Crippen LogP contribution in [0.2, 0.25) is 0 Å². The summed E-state index contributed by atoms with van der Waals surface area (Å²) < 4.78 is 1.21. The van der Waals surface area contributed by atoms with E-state index in [1.54, 1.807) is 11.3 Å². The van der Waals surface area contributed by atoms with Crippen LogP contribution in [0.25, 0.3) is 10.2 Å². The molecule has 124 valence electrons. The first-order valence-corrected chi connectivity index (χ1v) is 9.34. The summed E-state index contributed by atoms with van der Waals surface area (Å²) in [6.45, 7) is 1.28. The number of thiazole rings is 1. The fourth-order valence-electron chi connectivity index (χ4n) is 3.49. The van der Waals surface area contributed by atoms with Gasteiger partial charge in [-0.1, -0.05) is 31.4 Å². The number of para-hydroxylation sites is 1. The lowest BCUT2D eigenvalue weighted by Crippen LogP contribution is -2.39. The Morgan fingerprint density at radius 3 is 2.78 bits per heavy atom. The van der Waals surface area contributed by atoms with Gasteiger partial charge in [0.05, 0.1) is 15.2 Å². The maximum atomic E-state index is 12.3. The van der Waals surface area contributed by atoms with E-state index < -0.39 is 0 Å². The Balaban J connectivity index is 1.48. The Morgan fingerprint density at radius 2 is 2.04 bits per heavy atom. The van der Waals surface area contributed by atoms with Gasteiger partial charge in [0.25, 0.3) is 0 Å². The summed E-state index contributed by atoms with van der Waals surface area (Å²) >= 11 is 1.71. The molecule has 1 aliphatic carbocycles. The number of carbonyl (C=O) groups is 1. The molecule has 1 aromatic carbocycles. The largest absolute Gasteiger partial charge is 0.356 e. The number of nitrogens with zero attached hydrogens (tertiary/aromatic N) is 1. The number of hydrogen-bond acceptors (Lipinski definition) is 4. The van der Waals surface area contributed by atoms with Crippen molar-refractivity contribution in [3.8, 4) is 0 Å². The molecule has 0 bridgehead atoms. The van der Waals surface area contributed by atoms with Crippen molar-refractivity contribution in [1.29, 1.82) is 0 Å². The Bertz CT molecular complexity index is 628. The highest BCUT2D eigenvalue weighted by atomic mass is 32.1. The zero-order valence-corrected chi connectivity index (χ0v) is 14.3. The van der Waals surface area contributed by atoms with Gasteiger partial charge in [0.2, 0.25) is 5.91 Å². The Morgan fingerprint density at radius 1 is 1.26 bits per heavy atom. The van der Waals surface area contributed by atoms with Gasteiger partial charge in [0.1, 0.15) is 0 Å². The molecule has 4 nitrogen and oxygen atoms in total. The number of fused-ring (bicyclic) bond motifs is 1. The van der Waals surface area contributed by atoms with Crippen LogP contribution in [0.1, 0.15) is 43.5 Å². The minimum Gasteiger partial charge on any atom is -0.356 e. The average Bonchev–Trinajstić information content (AvgIpc) is 2.98. The van der Waals surface area contributed by atoms with Crippen LogP contribution in [-0.4, -0.2) is 24.0 Å². The van der Waals surface area contributed by atoms with Crippen LogP contribution in [0.3, 0.4) is 0 Å². The Hall–Kier alpha value is -1.46. The SMILES string of the molecule is NCC1(CC(=O)NCCc2nc3ccccc3s2)CCCCC1. The summed E-state index contributed by atoms with van der Waals surface area (Å²) in [5, 5.41) is 4.14. The van der Waals surface area contributed by atoms with E-state index in [4.69, 9.17) is 5.73 Å². The molecule has 1 aliphatic rings. The lowest BCUT2D eigenvalue weighted by atomic mass is 9.71. The van der Waals surface area contributed by atoms with Gasteiger partial charge in [-0.2, -0.15) is 0 Å². The molecular weight excluding hydrogens is 306 g/mol. The van der Waals surface area contributed by atoms with E-state index in [0.29, 0.717) is 19.5 Å². The van der Waals surface area contributed by atoms with Gasteiger partial charge in [-0.05, 0) is 36.9 Å². The van der Waals surface area contributed by atoms with Crippen molar-refractivity contribution >= 4 is 27.5 Å². The van der Waals surface area contributed by atoms with Crippen LogP contribution >= 0.6 is 11.3 Å². The van der Waals surface area contributed by atoms with Gasteiger partial charge in [-0.25, -0.2) is 4.98 Å². The normalized spacial score (nSPS) is 17.3. The van der Waals surface area contributed by atoms with Gasteiger partial charge in [-0.3, -0.25) is 4.79 Å². The third kappa shape index (κ3) is 4.09.